The Labute approximate surface area is 333 Å². The molecule has 0 aliphatic carbocycles. The molecule has 0 aromatic heterocycles. The molecule has 0 aliphatic heterocycles. The van der Waals surface area contributed by atoms with Crippen molar-refractivity contribution in [2.24, 2.45) is 32.9 Å². The zero-order valence-corrected chi connectivity index (χ0v) is 34.9. The van der Waals surface area contributed by atoms with Crippen LogP contribution in [0.2, 0.25) is 0 Å². The van der Waals surface area contributed by atoms with E-state index < -0.39 is 12.1 Å². The average molecular weight is 779 g/mol. The number of nitrogens with one attached hydrogen (secondary N) is 4. The molecule has 14 nitrogen and oxygen atoms in total. The van der Waals surface area contributed by atoms with Gasteiger partial charge >= 0.3 is 0 Å². The van der Waals surface area contributed by atoms with Crippen LogP contribution in [0.15, 0.2) is 9.98 Å². The van der Waals surface area contributed by atoms with E-state index in [9.17, 15) is 19.2 Å². The number of amides is 4. The Morgan fingerprint density at radius 2 is 0.745 bits per heavy atom. The number of rotatable bonds is 38. The first-order chi connectivity index (χ1) is 26.6. The summed E-state index contributed by atoms with van der Waals surface area (Å²) < 4.78 is 0. The SMILES string of the molecule is CCCCCCCCCCCC(=O)N[C@@H](CCCN=C(N)N)C(=O)NCCCCCNC(=O)[C@H](CCCN=C(N)N)NC(=O)CCCCCCCCCCC. The molecule has 0 spiro atoms. The van der Waals surface area contributed by atoms with Crippen molar-refractivity contribution >= 4 is 35.5 Å². The van der Waals surface area contributed by atoms with Gasteiger partial charge in [-0.3, -0.25) is 29.2 Å². The summed E-state index contributed by atoms with van der Waals surface area (Å²) in [5.41, 5.74) is 21.7. The van der Waals surface area contributed by atoms with Gasteiger partial charge in [-0.25, -0.2) is 0 Å². The van der Waals surface area contributed by atoms with E-state index in [2.05, 4.69) is 45.1 Å². The third-order valence-electron chi connectivity index (χ3n) is 9.66. The van der Waals surface area contributed by atoms with Crippen LogP contribution in [0.5, 0.6) is 0 Å². The number of hydrogen-bond acceptors (Lipinski definition) is 6. The van der Waals surface area contributed by atoms with E-state index in [1.54, 1.807) is 0 Å². The summed E-state index contributed by atoms with van der Waals surface area (Å²) in [5.74, 6) is -0.678. The Morgan fingerprint density at radius 1 is 0.436 bits per heavy atom. The summed E-state index contributed by atoms with van der Waals surface area (Å²) in [6, 6.07) is -1.31. The predicted octanol–water partition coefficient (Wildman–Crippen LogP) is 5.31. The minimum absolute atomic E-state index is 0.000876. The van der Waals surface area contributed by atoms with Crippen molar-refractivity contribution in [2.75, 3.05) is 26.2 Å². The number of nitrogens with zero attached hydrogens (tertiary/aromatic N) is 2. The van der Waals surface area contributed by atoms with Crippen LogP contribution < -0.4 is 44.2 Å². The Morgan fingerprint density at radius 3 is 1.07 bits per heavy atom. The van der Waals surface area contributed by atoms with E-state index >= 15 is 0 Å². The van der Waals surface area contributed by atoms with Gasteiger partial charge in [-0.05, 0) is 57.8 Å². The lowest BCUT2D eigenvalue weighted by atomic mass is 10.1. The molecule has 2 atom stereocenters. The fraction of sp³-hybridized carbons (Fsp3) is 0.854. The monoisotopic (exact) mass is 779 g/mol. The Bertz CT molecular complexity index is 968. The van der Waals surface area contributed by atoms with E-state index in [0.29, 0.717) is 77.5 Å². The first-order valence-electron chi connectivity index (χ1n) is 21.9. The molecule has 0 heterocycles. The molecule has 0 aromatic carbocycles. The molecule has 55 heavy (non-hydrogen) atoms. The quantitative estimate of drug-likeness (QED) is 0.0231. The Hall–Kier alpha value is -3.58. The highest BCUT2D eigenvalue weighted by Gasteiger charge is 2.21. The summed E-state index contributed by atoms with van der Waals surface area (Å²) in [5, 5.41) is 11.7. The molecule has 0 rings (SSSR count). The standard InChI is InChI=1S/C41H82N10O4/c1-3-5-7-9-11-13-15-17-20-28-36(52)50-34(26-24-32-48-40(42)43)38(54)46-30-22-19-23-31-47-39(55)35(27-25-33-49-41(44)45)51-37(53)29-21-18-16-14-12-10-8-6-4-2/h34-35H,3-33H2,1-2H3,(H,46,54)(H,47,55)(H,50,52)(H,51,53)(H4,42,43,48)(H4,44,45,49)/t34-,35-/m0/s1. The highest BCUT2D eigenvalue weighted by Crippen LogP contribution is 2.12. The first-order valence-corrected chi connectivity index (χ1v) is 21.9. The van der Waals surface area contributed by atoms with E-state index in [1.165, 1.54) is 77.0 Å². The van der Waals surface area contributed by atoms with Gasteiger partial charge in [0, 0.05) is 39.0 Å². The summed E-state index contributed by atoms with van der Waals surface area (Å²) in [4.78, 5) is 59.5. The van der Waals surface area contributed by atoms with Crippen molar-refractivity contribution in [3.8, 4) is 0 Å². The zero-order valence-electron chi connectivity index (χ0n) is 34.9. The number of unbranched alkanes of at least 4 members (excludes halogenated alkanes) is 18. The normalized spacial score (nSPS) is 12.0. The second kappa shape index (κ2) is 37.3. The molecule has 0 saturated heterocycles. The molecule has 0 radical (unpaired) electrons. The van der Waals surface area contributed by atoms with Crippen LogP contribution >= 0.6 is 0 Å². The number of nitrogens with two attached hydrogens (primary N) is 4. The summed E-state index contributed by atoms with van der Waals surface area (Å²) in [6.45, 7) is 6.11. The van der Waals surface area contributed by atoms with E-state index in [0.717, 1.165) is 44.9 Å². The zero-order chi connectivity index (χ0) is 40.8. The molecular weight excluding hydrogens is 697 g/mol. The highest BCUT2D eigenvalue weighted by molar-refractivity contribution is 5.88. The minimum atomic E-state index is -0.654. The maximum absolute atomic E-state index is 13.0. The van der Waals surface area contributed by atoms with Crippen molar-refractivity contribution in [3.63, 3.8) is 0 Å². The smallest absolute Gasteiger partial charge is 0.242 e. The van der Waals surface area contributed by atoms with E-state index in [4.69, 9.17) is 22.9 Å². The van der Waals surface area contributed by atoms with Gasteiger partial charge in [0.1, 0.15) is 12.1 Å². The number of carbonyl (C=O) groups is 4. The largest absolute Gasteiger partial charge is 0.370 e. The van der Waals surface area contributed by atoms with Crippen LogP contribution in [0, 0.1) is 0 Å². The summed E-state index contributed by atoms with van der Waals surface area (Å²) in [7, 11) is 0. The topological polar surface area (TPSA) is 245 Å². The molecule has 0 fully saturated rings. The minimum Gasteiger partial charge on any atom is -0.370 e. The van der Waals surface area contributed by atoms with E-state index in [1.807, 2.05) is 0 Å². The lowest BCUT2D eigenvalue weighted by Gasteiger charge is -2.19. The molecule has 0 unspecified atom stereocenters. The fourth-order valence-electron chi connectivity index (χ4n) is 6.37. The van der Waals surface area contributed by atoms with Gasteiger partial charge in [-0.15, -0.1) is 0 Å². The molecule has 0 aliphatic rings. The van der Waals surface area contributed by atoms with Gasteiger partial charge < -0.3 is 44.2 Å². The Kier molecular flexibility index (Phi) is 34.9. The fourth-order valence-corrected chi connectivity index (χ4v) is 6.37. The van der Waals surface area contributed by atoms with Crippen molar-refractivity contribution < 1.29 is 19.2 Å². The second-order valence-corrected chi connectivity index (χ2v) is 14.9. The average Bonchev–Trinajstić information content (AvgIpc) is 3.15. The third-order valence-corrected chi connectivity index (χ3v) is 9.66. The number of hydrogen-bond donors (Lipinski definition) is 8. The Balaban J connectivity index is 4.61. The van der Waals surface area contributed by atoms with Crippen LogP contribution in [-0.2, 0) is 19.2 Å². The third kappa shape index (κ3) is 34.6. The van der Waals surface area contributed by atoms with Gasteiger partial charge in [0.15, 0.2) is 11.9 Å². The lowest BCUT2D eigenvalue weighted by Crippen LogP contribution is -2.47. The maximum atomic E-state index is 13.0. The van der Waals surface area contributed by atoms with E-state index in [-0.39, 0.29) is 35.5 Å². The lowest BCUT2D eigenvalue weighted by molar-refractivity contribution is -0.129. The predicted molar refractivity (Wildman–Crippen MR) is 227 cm³/mol. The summed E-state index contributed by atoms with van der Waals surface area (Å²) >= 11 is 0. The second-order valence-electron chi connectivity index (χ2n) is 14.9. The molecule has 0 saturated carbocycles. The molecule has 4 amide bonds. The first kappa shape index (κ1) is 51.4. The molecule has 0 aromatic rings. The van der Waals surface area contributed by atoms with Gasteiger partial charge in [0.25, 0.3) is 0 Å². The number of aliphatic imine (C=N–C) groups is 2. The summed E-state index contributed by atoms with van der Waals surface area (Å²) in [6.07, 6.45) is 26.1. The number of guanidine groups is 2. The van der Waals surface area contributed by atoms with Gasteiger partial charge in [-0.2, -0.15) is 0 Å². The van der Waals surface area contributed by atoms with Crippen LogP contribution in [-0.4, -0.2) is 73.8 Å². The van der Waals surface area contributed by atoms with Gasteiger partial charge in [0.2, 0.25) is 23.6 Å². The molecule has 12 N–H and O–H groups in total. The molecule has 320 valence electrons. The van der Waals surface area contributed by atoms with Crippen LogP contribution in [0.4, 0.5) is 0 Å². The molecule has 0 bridgehead atoms. The van der Waals surface area contributed by atoms with Crippen LogP contribution in [0.1, 0.15) is 187 Å². The van der Waals surface area contributed by atoms with Crippen LogP contribution in [0.25, 0.3) is 0 Å². The number of carbonyl (C=O) groups excluding carboxylic acids is 4. The molecular formula is C41H82N10O4. The van der Waals surface area contributed by atoms with Crippen molar-refractivity contribution in [1.82, 2.24) is 21.3 Å². The van der Waals surface area contributed by atoms with Gasteiger partial charge in [0.05, 0.1) is 0 Å². The van der Waals surface area contributed by atoms with Crippen LogP contribution in [0.3, 0.4) is 0 Å². The van der Waals surface area contributed by atoms with Gasteiger partial charge in [-0.1, -0.05) is 117 Å². The van der Waals surface area contributed by atoms with Crippen molar-refractivity contribution in [3.05, 3.63) is 0 Å². The van der Waals surface area contributed by atoms with Crippen molar-refractivity contribution in [2.45, 2.75) is 199 Å². The van der Waals surface area contributed by atoms with Crippen molar-refractivity contribution in [1.29, 1.82) is 0 Å². The molecule has 14 heteroatoms. The highest BCUT2D eigenvalue weighted by atomic mass is 16.2. The maximum Gasteiger partial charge on any atom is 0.242 e.